The first-order valence-electron chi connectivity index (χ1n) is 9.07. The second-order valence-corrected chi connectivity index (χ2v) is 8.32. The van der Waals surface area contributed by atoms with Gasteiger partial charge in [0.2, 0.25) is 11.0 Å². The highest BCUT2D eigenvalue weighted by Crippen LogP contribution is 2.25. The number of ether oxygens (including phenoxy) is 1. The Bertz CT molecular complexity index is 759. The Kier molecular flexibility index (Phi) is 7.54. The van der Waals surface area contributed by atoms with Gasteiger partial charge in [0.15, 0.2) is 4.34 Å². The van der Waals surface area contributed by atoms with Crippen LogP contribution in [-0.2, 0) is 16.1 Å². The predicted octanol–water partition coefficient (Wildman–Crippen LogP) is 2.57. The number of amides is 2. The minimum absolute atomic E-state index is 0.0418. The van der Waals surface area contributed by atoms with Crippen LogP contribution in [0, 0.1) is 0 Å². The van der Waals surface area contributed by atoms with Gasteiger partial charge in [0, 0.05) is 19.1 Å². The van der Waals surface area contributed by atoms with Gasteiger partial charge < -0.3 is 24.7 Å². The van der Waals surface area contributed by atoms with E-state index in [1.165, 1.54) is 23.1 Å². The fraction of sp³-hybridized carbons (Fsp3) is 0.529. The summed E-state index contributed by atoms with van der Waals surface area (Å²) in [4.78, 5) is 25.6. The fourth-order valence-corrected chi connectivity index (χ4v) is 4.29. The fourth-order valence-electron chi connectivity index (χ4n) is 2.73. The molecule has 1 aliphatic rings. The van der Waals surface area contributed by atoms with Crippen molar-refractivity contribution in [1.29, 1.82) is 0 Å². The van der Waals surface area contributed by atoms with Gasteiger partial charge in [0.1, 0.15) is 5.76 Å². The minimum Gasteiger partial charge on any atom is -0.467 e. The quantitative estimate of drug-likeness (QED) is 0.621. The number of anilines is 1. The van der Waals surface area contributed by atoms with Gasteiger partial charge in [-0.2, -0.15) is 0 Å². The lowest BCUT2D eigenvalue weighted by Gasteiger charge is -2.31. The SMILES string of the molecule is CCOC(=O)N1CCC(NC(=O)CSc2nnc(NCc3ccco3)s2)CC1. The number of nitrogens with one attached hydrogen (secondary N) is 2. The van der Waals surface area contributed by atoms with Crippen molar-refractivity contribution in [3.05, 3.63) is 24.2 Å². The van der Waals surface area contributed by atoms with E-state index in [9.17, 15) is 9.59 Å². The Morgan fingerprint density at radius 3 is 2.93 bits per heavy atom. The van der Waals surface area contributed by atoms with E-state index in [0.29, 0.717) is 31.4 Å². The summed E-state index contributed by atoms with van der Waals surface area (Å²) in [5.41, 5.74) is 0. The maximum atomic E-state index is 12.2. The van der Waals surface area contributed by atoms with E-state index >= 15 is 0 Å². The number of hydrogen-bond acceptors (Lipinski definition) is 9. The van der Waals surface area contributed by atoms with Gasteiger partial charge in [-0.1, -0.05) is 23.1 Å². The molecule has 28 heavy (non-hydrogen) atoms. The summed E-state index contributed by atoms with van der Waals surface area (Å²) < 4.78 is 11.0. The summed E-state index contributed by atoms with van der Waals surface area (Å²) in [5, 5.41) is 15.0. The lowest BCUT2D eigenvalue weighted by molar-refractivity contribution is -0.119. The summed E-state index contributed by atoms with van der Waals surface area (Å²) >= 11 is 2.76. The highest BCUT2D eigenvalue weighted by Gasteiger charge is 2.24. The van der Waals surface area contributed by atoms with Crippen LogP contribution in [0.1, 0.15) is 25.5 Å². The summed E-state index contributed by atoms with van der Waals surface area (Å²) in [6, 6.07) is 3.79. The van der Waals surface area contributed by atoms with Crippen molar-refractivity contribution < 1.29 is 18.7 Å². The molecule has 1 fully saturated rings. The number of hydrogen-bond donors (Lipinski definition) is 2. The molecule has 3 heterocycles. The van der Waals surface area contributed by atoms with Crippen LogP contribution in [0.15, 0.2) is 27.2 Å². The van der Waals surface area contributed by atoms with Crippen LogP contribution in [-0.4, -0.2) is 58.6 Å². The third kappa shape index (κ3) is 6.13. The molecule has 0 unspecified atom stereocenters. The van der Waals surface area contributed by atoms with Gasteiger partial charge in [-0.25, -0.2) is 4.79 Å². The van der Waals surface area contributed by atoms with Crippen LogP contribution in [0.5, 0.6) is 0 Å². The minimum atomic E-state index is -0.282. The van der Waals surface area contributed by atoms with Gasteiger partial charge in [-0.3, -0.25) is 4.79 Å². The molecule has 1 saturated heterocycles. The molecule has 9 nitrogen and oxygen atoms in total. The maximum absolute atomic E-state index is 12.2. The molecule has 11 heteroatoms. The van der Waals surface area contributed by atoms with Gasteiger partial charge >= 0.3 is 6.09 Å². The first-order chi connectivity index (χ1) is 13.6. The van der Waals surface area contributed by atoms with Crippen molar-refractivity contribution in [2.75, 3.05) is 30.8 Å². The monoisotopic (exact) mass is 425 g/mol. The largest absolute Gasteiger partial charge is 0.467 e. The van der Waals surface area contributed by atoms with E-state index in [1.54, 1.807) is 18.1 Å². The molecule has 0 aliphatic carbocycles. The smallest absolute Gasteiger partial charge is 0.409 e. The predicted molar refractivity (Wildman–Crippen MR) is 106 cm³/mol. The van der Waals surface area contributed by atoms with Crippen LogP contribution in [0.4, 0.5) is 9.93 Å². The summed E-state index contributed by atoms with van der Waals surface area (Å²) in [6.45, 7) is 3.89. The third-order valence-corrected chi connectivity index (χ3v) is 6.13. The van der Waals surface area contributed by atoms with Gasteiger partial charge in [0.05, 0.1) is 25.2 Å². The second kappa shape index (κ2) is 10.3. The molecule has 0 saturated carbocycles. The topological polar surface area (TPSA) is 110 Å². The molecular weight excluding hydrogens is 402 g/mol. The molecule has 2 N–H and O–H groups in total. The molecule has 0 atom stereocenters. The molecule has 0 aromatic carbocycles. The summed E-state index contributed by atoms with van der Waals surface area (Å²) in [5.74, 6) is 1.06. The Morgan fingerprint density at radius 2 is 2.21 bits per heavy atom. The normalized spacial score (nSPS) is 14.7. The number of carbonyl (C=O) groups excluding carboxylic acids is 2. The van der Waals surface area contributed by atoms with E-state index in [4.69, 9.17) is 9.15 Å². The molecule has 0 spiro atoms. The maximum Gasteiger partial charge on any atom is 0.409 e. The highest BCUT2D eigenvalue weighted by atomic mass is 32.2. The Labute approximate surface area is 171 Å². The van der Waals surface area contributed by atoms with Crippen LogP contribution < -0.4 is 10.6 Å². The molecule has 1 aliphatic heterocycles. The zero-order valence-electron chi connectivity index (χ0n) is 15.6. The van der Waals surface area contributed by atoms with Crippen LogP contribution >= 0.6 is 23.1 Å². The molecule has 0 bridgehead atoms. The van der Waals surface area contributed by atoms with Gasteiger partial charge in [-0.05, 0) is 31.9 Å². The molecule has 3 rings (SSSR count). The first kappa shape index (κ1) is 20.5. The summed E-state index contributed by atoms with van der Waals surface area (Å²) in [6.07, 6.45) is 2.80. The molecule has 0 radical (unpaired) electrons. The first-order valence-corrected chi connectivity index (χ1v) is 10.9. The van der Waals surface area contributed by atoms with Crippen LogP contribution in [0.25, 0.3) is 0 Å². The molecular formula is C17H23N5O4S2. The molecule has 152 valence electrons. The van der Waals surface area contributed by atoms with E-state index in [2.05, 4.69) is 20.8 Å². The van der Waals surface area contributed by atoms with Gasteiger partial charge in [-0.15, -0.1) is 10.2 Å². The van der Waals surface area contributed by atoms with Crippen LogP contribution in [0.2, 0.25) is 0 Å². The number of carbonyl (C=O) groups is 2. The summed E-state index contributed by atoms with van der Waals surface area (Å²) in [7, 11) is 0. The zero-order chi connectivity index (χ0) is 19.8. The van der Waals surface area contributed by atoms with Crippen molar-refractivity contribution in [1.82, 2.24) is 20.4 Å². The Hall–Kier alpha value is -2.27. The highest BCUT2D eigenvalue weighted by molar-refractivity contribution is 8.01. The number of furan rings is 1. The van der Waals surface area contributed by atoms with E-state index in [-0.39, 0.29) is 23.8 Å². The van der Waals surface area contributed by atoms with Crippen molar-refractivity contribution in [3.8, 4) is 0 Å². The Balaban J connectivity index is 1.34. The standard InChI is InChI=1S/C17H23N5O4S2/c1-2-25-17(24)22-7-5-12(6-8-22)19-14(23)11-27-16-21-20-15(28-16)18-10-13-4-3-9-26-13/h3-4,9,12H,2,5-8,10-11H2,1H3,(H,18,20)(H,19,23). The van der Waals surface area contributed by atoms with Crippen molar-refractivity contribution in [2.45, 2.75) is 36.7 Å². The van der Waals surface area contributed by atoms with Gasteiger partial charge in [0.25, 0.3) is 0 Å². The van der Waals surface area contributed by atoms with Crippen molar-refractivity contribution >= 4 is 40.2 Å². The second-order valence-electron chi connectivity index (χ2n) is 6.12. The van der Waals surface area contributed by atoms with Crippen LogP contribution in [0.3, 0.4) is 0 Å². The average Bonchev–Trinajstić information content (AvgIpc) is 3.37. The third-order valence-electron chi connectivity index (χ3n) is 4.11. The molecule has 2 amide bonds. The number of likely N-dealkylation sites (tertiary alicyclic amines) is 1. The lowest BCUT2D eigenvalue weighted by atomic mass is 10.1. The number of thioether (sulfide) groups is 1. The van der Waals surface area contributed by atoms with Crippen molar-refractivity contribution in [2.24, 2.45) is 0 Å². The van der Waals surface area contributed by atoms with E-state index in [0.717, 1.165) is 22.9 Å². The average molecular weight is 426 g/mol. The van der Waals surface area contributed by atoms with E-state index < -0.39 is 0 Å². The number of rotatable bonds is 8. The van der Waals surface area contributed by atoms with Crippen molar-refractivity contribution in [3.63, 3.8) is 0 Å². The van der Waals surface area contributed by atoms with E-state index in [1.807, 2.05) is 12.1 Å². The molecule has 2 aromatic heterocycles. The number of piperidine rings is 1. The Morgan fingerprint density at radius 1 is 1.39 bits per heavy atom. The number of aromatic nitrogens is 2. The number of nitrogens with zero attached hydrogens (tertiary/aromatic N) is 3. The lowest BCUT2D eigenvalue weighted by Crippen LogP contribution is -2.47. The molecule has 2 aromatic rings. The zero-order valence-corrected chi connectivity index (χ0v) is 17.2.